The lowest BCUT2D eigenvalue weighted by molar-refractivity contribution is 0.358. The van der Waals surface area contributed by atoms with Crippen molar-refractivity contribution in [2.24, 2.45) is 5.73 Å². The fourth-order valence-corrected chi connectivity index (χ4v) is 1.58. The summed E-state index contributed by atoms with van der Waals surface area (Å²) in [5.74, 6) is 7.28. The molecule has 0 fully saturated rings. The molecule has 0 aliphatic rings. The first kappa shape index (κ1) is 14.4. The third-order valence-electron chi connectivity index (χ3n) is 2.76. The number of hydrogen-bond acceptors (Lipinski definition) is 3. The smallest absolute Gasteiger partial charge is 0.149 e. The van der Waals surface area contributed by atoms with E-state index in [-0.39, 0.29) is 6.04 Å². The SMILES string of the molecule is CC#CCOc1cc(OC)ccc1CC(N)CC. The van der Waals surface area contributed by atoms with Crippen LogP contribution in [-0.2, 0) is 6.42 Å². The molecule has 1 aromatic rings. The highest BCUT2D eigenvalue weighted by Crippen LogP contribution is 2.26. The number of rotatable bonds is 6. The molecular weight excluding hydrogens is 226 g/mol. The van der Waals surface area contributed by atoms with Crippen molar-refractivity contribution in [1.29, 1.82) is 0 Å². The Kier molecular flexibility index (Phi) is 6.10. The van der Waals surface area contributed by atoms with E-state index in [1.807, 2.05) is 18.2 Å². The Morgan fingerprint density at radius 1 is 1.39 bits per heavy atom. The van der Waals surface area contributed by atoms with Gasteiger partial charge >= 0.3 is 0 Å². The van der Waals surface area contributed by atoms with Crippen LogP contribution in [0.15, 0.2) is 18.2 Å². The third-order valence-corrected chi connectivity index (χ3v) is 2.76. The van der Waals surface area contributed by atoms with E-state index >= 15 is 0 Å². The first-order valence-corrected chi connectivity index (χ1v) is 6.16. The van der Waals surface area contributed by atoms with Crippen molar-refractivity contribution in [3.8, 4) is 23.3 Å². The molecule has 0 spiro atoms. The van der Waals surface area contributed by atoms with E-state index in [0.717, 1.165) is 29.9 Å². The van der Waals surface area contributed by atoms with Crippen LogP contribution >= 0.6 is 0 Å². The Labute approximate surface area is 109 Å². The van der Waals surface area contributed by atoms with Gasteiger partial charge in [0.2, 0.25) is 0 Å². The summed E-state index contributed by atoms with van der Waals surface area (Å²) in [5.41, 5.74) is 7.08. The predicted molar refractivity (Wildman–Crippen MR) is 73.9 cm³/mol. The van der Waals surface area contributed by atoms with Crippen molar-refractivity contribution >= 4 is 0 Å². The summed E-state index contributed by atoms with van der Waals surface area (Å²) in [6.07, 6.45) is 1.75. The van der Waals surface area contributed by atoms with Crippen molar-refractivity contribution in [3.63, 3.8) is 0 Å². The lowest BCUT2D eigenvalue weighted by Crippen LogP contribution is -2.21. The molecule has 0 amide bonds. The van der Waals surface area contributed by atoms with Crippen LogP contribution in [0.5, 0.6) is 11.5 Å². The lowest BCUT2D eigenvalue weighted by Gasteiger charge is -2.14. The van der Waals surface area contributed by atoms with Crippen LogP contribution in [0.1, 0.15) is 25.8 Å². The first-order chi connectivity index (χ1) is 8.71. The largest absolute Gasteiger partial charge is 0.497 e. The second-order valence-corrected chi connectivity index (χ2v) is 4.06. The molecule has 1 rings (SSSR count). The molecule has 0 saturated heterocycles. The number of ether oxygens (including phenoxy) is 2. The van der Waals surface area contributed by atoms with Gasteiger partial charge in [-0.2, -0.15) is 0 Å². The average Bonchev–Trinajstić information content (AvgIpc) is 2.40. The zero-order chi connectivity index (χ0) is 13.4. The molecule has 2 N–H and O–H groups in total. The fourth-order valence-electron chi connectivity index (χ4n) is 1.58. The Balaban J connectivity index is 2.87. The number of nitrogens with two attached hydrogens (primary N) is 1. The van der Waals surface area contributed by atoms with Crippen molar-refractivity contribution in [2.45, 2.75) is 32.7 Å². The van der Waals surface area contributed by atoms with Crippen LogP contribution in [0.25, 0.3) is 0 Å². The molecule has 0 aromatic heterocycles. The molecule has 1 atom stereocenters. The molecule has 18 heavy (non-hydrogen) atoms. The lowest BCUT2D eigenvalue weighted by atomic mass is 10.0. The molecule has 3 nitrogen and oxygen atoms in total. The van der Waals surface area contributed by atoms with Crippen LogP contribution in [-0.4, -0.2) is 19.8 Å². The molecule has 0 saturated carbocycles. The van der Waals surface area contributed by atoms with E-state index < -0.39 is 0 Å². The molecule has 0 aliphatic carbocycles. The summed E-state index contributed by atoms with van der Waals surface area (Å²) in [6, 6.07) is 5.96. The normalized spacial score (nSPS) is 11.3. The van der Waals surface area contributed by atoms with E-state index in [4.69, 9.17) is 15.2 Å². The van der Waals surface area contributed by atoms with E-state index in [9.17, 15) is 0 Å². The summed E-state index contributed by atoms with van der Waals surface area (Å²) < 4.78 is 10.9. The van der Waals surface area contributed by atoms with Gasteiger partial charge in [0.1, 0.15) is 18.1 Å². The Morgan fingerprint density at radius 3 is 2.78 bits per heavy atom. The van der Waals surface area contributed by atoms with Crippen LogP contribution in [0, 0.1) is 11.8 Å². The zero-order valence-electron chi connectivity index (χ0n) is 11.3. The quantitative estimate of drug-likeness (QED) is 0.785. The standard InChI is InChI=1S/C15H21NO2/c1-4-6-9-18-15-11-14(17-3)8-7-12(15)10-13(16)5-2/h7-8,11,13H,5,9-10,16H2,1-3H3. The summed E-state index contributed by atoms with van der Waals surface area (Å²) >= 11 is 0. The highest BCUT2D eigenvalue weighted by molar-refractivity contribution is 5.41. The molecule has 98 valence electrons. The molecule has 0 aliphatic heterocycles. The molecule has 0 radical (unpaired) electrons. The number of methoxy groups -OCH3 is 1. The third kappa shape index (κ3) is 4.31. The Morgan fingerprint density at radius 2 is 2.17 bits per heavy atom. The van der Waals surface area contributed by atoms with Gasteiger partial charge in [-0.1, -0.05) is 18.9 Å². The van der Waals surface area contributed by atoms with Gasteiger partial charge in [0, 0.05) is 12.1 Å². The van der Waals surface area contributed by atoms with Gasteiger partial charge < -0.3 is 15.2 Å². The fraction of sp³-hybridized carbons (Fsp3) is 0.467. The van der Waals surface area contributed by atoms with Crippen molar-refractivity contribution in [1.82, 2.24) is 0 Å². The second-order valence-electron chi connectivity index (χ2n) is 4.06. The van der Waals surface area contributed by atoms with Gasteiger partial charge in [-0.3, -0.25) is 0 Å². The van der Waals surface area contributed by atoms with E-state index in [0.29, 0.717) is 6.61 Å². The molecule has 0 bridgehead atoms. The topological polar surface area (TPSA) is 44.5 Å². The maximum Gasteiger partial charge on any atom is 0.149 e. The highest BCUT2D eigenvalue weighted by Gasteiger charge is 2.09. The maximum atomic E-state index is 5.98. The number of benzene rings is 1. The van der Waals surface area contributed by atoms with Crippen LogP contribution in [0.3, 0.4) is 0 Å². The Bertz CT molecular complexity index is 432. The average molecular weight is 247 g/mol. The minimum Gasteiger partial charge on any atom is -0.497 e. The van der Waals surface area contributed by atoms with Crippen LogP contribution in [0.2, 0.25) is 0 Å². The monoisotopic (exact) mass is 247 g/mol. The van der Waals surface area contributed by atoms with E-state index in [2.05, 4.69) is 18.8 Å². The first-order valence-electron chi connectivity index (χ1n) is 6.16. The van der Waals surface area contributed by atoms with Crippen molar-refractivity contribution in [3.05, 3.63) is 23.8 Å². The second kappa shape index (κ2) is 7.62. The number of hydrogen-bond donors (Lipinski definition) is 1. The van der Waals surface area contributed by atoms with Gasteiger partial charge in [0.05, 0.1) is 7.11 Å². The summed E-state index contributed by atoms with van der Waals surface area (Å²) in [6.45, 7) is 4.26. The summed E-state index contributed by atoms with van der Waals surface area (Å²) in [5, 5.41) is 0. The zero-order valence-corrected chi connectivity index (χ0v) is 11.3. The van der Waals surface area contributed by atoms with Crippen molar-refractivity contribution in [2.75, 3.05) is 13.7 Å². The maximum absolute atomic E-state index is 5.98. The minimum atomic E-state index is 0.151. The minimum absolute atomic E-state index is 0.151. The van der Waals surface area contributed by atoms with E-state index in [1.54, 1.807) is 14.0 Å². The molecule has 0 heterocycles. The van der Waals surface area contributed by atoms with Crippen LogP contribution < -0.4 is 15.2 Å². The van der Waals surface area contributed by atoms with Crippen molar-refractivity contribution < 1.29 is 9.47 Å². The van der Waals surface area contributed by atoms with Gasteiger partial charge in [-0.15, -0.1) is 5.92 Å². The predicted octanol–water partition coefficient (Wildman–Crippen LogP) is 2.38. The van der Waals surface area contributed by atoms with Gasteiger partial charge in [0.15, 0.2) is 0 Å². The highest BCUT2D eigenvalue weighted by atomic mass is 16.5. The molecule has 1 unspecified atom stereocenters. The van der Waals surface area contributed by atoms with E-state index in [1.165, 1.54) is 0 Å². The van der Waals surface area contributed by atoms with Gasteiger partial charge in [-0.25, -0.2) is 0 Å². The molecular formula is C15H21NO2. The molecule has 3 heteroatoms. The Hall–Kier alpha value is -1.66. The summed E-state index contributed by atoms with van der Waals surface area (Å²) in [7, 11) is 1.64. The van der Waals surface area contributed by atoms with Crippen LogP contribution in [0.4, 0.5) is 0 Å². The van der Waals surface area contributed by atoms with Gasteiger partial charge in [0.25, 0.3) is 0 Å². The van der Waals surface area contributed by atoms with Gasteiger partial charge in [-0.05, 0) is 31.4 Å². The molecule has 1 aromatic carbocycles. The summed E-state index contributed by atoms with van der Waals surface area (Å²) in [4.78, 5) is 0.